The highest BCUT2D eigenvalue weighted by atomic mass is 19.4. The summed E-state index contributed by atoms with van der Waals surface area (Å²) in [5.41, 5.74) is 1.37. The summed E-state index contributed by atoms with van der Waals surface area (Å²) in [5.74, 6) is 0.840. The van der Waals surface area contributed by atoms with Crippen LogP contribution in [0.25, 0.3) is 0 Å². The van der Waals surface area contributed by atoms with Crippen molar-refractivity contribution in [3.8, 4) is 5.75 Å². The van der Waals surface area contributed by atoms with Crippen LogP contribution in [0.3, 0.4) is 0 Å². The Balaban J connectivity index is 1.78. The van der Waals surface area contributed by atoms with E-state index in [2.05, 4.69) is 32.9 Å². The number of rotatable bonds is 4. The molecule has 1 aliphatic heterocycles. The van der Waals surface area contributed by atoms with E-state index in [0.717, 1.165) is 18.6 Å². The Kier molecular flexibility index (Phi) is 5.61. The zero-order valence-electron chi connectivity index (χ0n) is 14.1. The molecule has 0 unspecified atom stereocenters. The van der Waals surface area contributed by atoms with Crippen LogP contribution in [-0.2, 0) is 5.41 Å². The SMILES string of the molecule is CC(C)(C)c1ccc(OC2CCN(CCC(F)(F)F)CC2)cc1. The molecule has 0 spiro atoms. The van der Waals surface area contributed by atoms with E-state index in [-0.39, 0.29) is 18.1 Å². The molecule has 1 aromatic carbocycles. The number of hydrogen-bond acceptors (Lipinski definition) is 2. The molecule has 1 aliphatic rings. The zero-order valence-corrected chi connectivity index (χ0v) is 14.1. The molecule has 1 saturated heterocycles. The van der Waals surface area contributed by atoms with Crippen molar-refractivity contribution in [2.45, 2.75) is 57.7 Å². The van der Waals surface area contributed by atoms with Gasteiger partial charge in [-0.3, -0.25) is 0 Å². The van der Waals surface area contributed by atoms with Crippen LogP contribution in [0.2, 0.25) is 0 Å². The standard InChI is InChI=1S/C18H26F3NO/c1-17(2,3)14-4-6-15(7-5-14)23-16-8-11-22(12-9-16)13-10-18(19,20)21/h4-7,16H,8-13H2,1-3H3. The monoisotopic (exact) mass is 329 g/mol. The van der Waals surface area contributed by atoms with E-state index in [1.807, 2.05) is 17.0 Å². The maximum atomic E-state index is 12.2. The third-order valence-corrected chi connectivity index (χ3v) is 4.27. The van der Waals surface area contributed by atoms with Crippen LogP contribution in [0.1, 0.15) is 45.6 Å². The largest absolute Gasteiger partial charge is 0.490 e. The number of likely N-dealkylation sites (tertiary alicyclic amines) is 1. The van der Waals surface area contributed by atoms with E-state index in [0.29, 0.717) is 13.1 Å². The second-order valence-electron chi connectivity index (χ2n) is 7.30. The van der Waals surface area contributed by atoms with Crippen molar-refractivity contribution in [1.82, 2.24) is 4.90 Å². The highest BCUT2D eigenvalue weighted by molar-refractivity contribution is 5.31. The second kappa shape index (κ2) is 7.12. The van der Waals surface area contributed by atoms with Gasteiger partial charge in [0.15, 0.2) is 0 Å². The number of piperidine rings is 1. The molecular formula is C18H26F3NO. The highest BCUT2D eigenvalue weighted by Gasteiger charge is 2.29. The summed E-state index contributed by atoms with van der Waals surface area (Å²) in [6.45, 7) is 7.93. The van der Waals surface area contributed by atoms with Gasteiger partial charge < -0.3 is 9.64 Å². The molecule has 23 heavy (non-hydrogen) atoms. The van der Waals surface area contributed by atoms with Gasteiger partial charge >= 0.3 is 6.18 Å². The van der Waals surface area contributed by atoms with Crippen LogP contribution in [-0.4, -0.2) is 36.8 Å². The third kappa shape index (κ3) is 6.05. The van der Waals surface area contributed by atoms with Crippen LogP contribution < -0.4 is 4.74 Å². The first kappa shape index (κ1) is 18.1. The predicted molar refractivity (Wildman–Crippen MR) is 85.9 cm³/mol. The average molecular weight is 329 g/mol. The first-order chi connectivity index (χ1) is 10.6. The summed E-state index contributed by atoms with van der Waals surface area (Å²) < 4.78 is 42.7. The lowest BCUT2D eigenvalue weighted by molar-refractivity contribution is -0.138. The number of benzene rings is 1. The minimum atomic E-state index is -4.07. The van der Waals surface area contributed by atoms with Crippen molar-refractivity contribution in [2.24, 2.45) is 0 Å². The van der Waals surface area contributed by atoms with Gasteiger partial charge in [-0.2, -0.15) is 13.2 Å². The lowest BCUT2D eigenvalue weighted by Crippen LogP contribution is -2.39. The maximum absolute atomic E-state index is 12.2. The first-order valence-corrected chi connectivity index (χ1v) is 8.20. The topological polar surface area (TPSA) is 12.5 Å². The van der Waals surface area contributed by atoms with Crippen LogP contribution >= 0.6 is 0 Å². The Morgan fingerprint density at radius 2 is 1.61 bits per heavy atom. The molecular weight excluding hydrogens is 303 g/mol. The Morgan fingerprint density at radius 3 is 2.09 bits per heavy atom. The fourth-order valence-electron chi connectivity index (χ4n) is 2.76. The maximum Gasteiger partial charge on any atom is 0.390 e. The van der Waals surface area contributed by atoms with Gasteiger partial charge in [-0.05, 0) is 36.0 Å². The molecule has 0 aromatic heterocycles. The molecule has 1 aromatic rings. The van der Waals surface area contributed by atoms with Gasteiger partial charge in [0.05, 0.1) is 6.42 Å². The van der Waals surface area contributed by atoms with Gasteiger partial charge in [-0.15, -0.1) is 0 Å². The summed E-state index contributed by atoms with van der Waals surface area (Å²) in [6, 6.07) is 8.12. The number of alkyl halides is 3. The number of halogens is 3. The minimum absolute atomic E-state index is 0.0937. The van der Waals surface area contributed by atoms with Crippen molar-refractivity contribution in [2.75, 3.05) is 19.6 Å². The molecule has 0 bridgehead atoms. The van der Waals surface area contributed by atoms with Crippen molar-refractivity contribution in [1.29, 1.82) is 0 Å². The fraction of sp³-hybridized carbons (Fsp3) is 0.667. The minimum Gasteiger partial charge on any atom is -0.490 e. The summed E-state index contributed by atoms with van der Waals surface area (Å²) in [6.07, 6.45) is -3.15. The number of ether oxygens (including phenoxy) is 1. The molecule has 1 heterocycles. The van der Waals surface area contributed by atoms with Crippen LogP contribution in [0.5, 0.6) is 5.75 Å². The Hall–Kier alpha value is -1.23. The smallest absolute Gasteiger partial charge is 0.390 e. The molecule has 0 amide bonds. The molecule has 130 valence electrons. The molecule has 2 nitrogen and oxygen atoms in total. The first-order valence-electron chi connectivity index (χ1n) is 8.20. The van der Waals surface area contributed by atoms with Crippen molar-refractivity contribution < 1.29 is 17.9 Å². The Morgan fingerprint density at radius 1 is 1.04 bits per heavy atom. The molecule has 1 fully saturated rings. The van der Waals surface area contributed by atoms with Gasteiger partial charge in [0.2, 0.25) is 0 Å². The van der Waals surface area contributed by atoms with Gasteiger partial charge in [-0.25, -0.2) is 0 Å². The predicted octanol–water partition coefficient (Wildman–Crippen LogP) is 4.78. The number of nitrogens with zero attached hydrogens (tertiary/aromatic N) is 1. The highest BCUT2D eigenvalue weighted by Crippen LogP contribution is 2.26. The van der Waals surface area contributed by atoms with Crippen LogP contribution in [0, 0.1) is 0 Å². The van der Waals surface area contributed by atoms with E-state index in [4.69, 9.17) is 4.74 Å². The molecule has 2 rings (SSSR count). The quantitative estimate of drug-likeness (QED) is 0.788. The summed E-state index contributed by atoms with van der Waals surface area (Å²) in [4.78, 5) is 1.87. The molecule has 0 saturated carbocycles. The summed E-state index contributed by atoms with van der Waals surface area (Å²) in [7, 11) is 0. The van der Waals surface area contributed by atoms with Gasteiger partial charge in [0.1, 0.15) is 11.9 Å². The van der Waals surface area contributed by atoms with Crippen LogP contribution in [0.4, 0.5) is 13.2 Å². The van der Waals surface area contributed by atoms with E-state index >= 15 is 0 Å². The van der Waals surface area contributed by atoms with Crippen molar-refractivity contribution in [3.05, 3.63) is 29.8 Å². The molecule has 0 aliphatic carbocycles. The van der Waals surface area contributed by atoms with Gasteiger partial charge in [0, 0.05) is 19.6 Å². The van der Waals surface area contributed by atoms with Crippen molar-refractivity contribution >= 4 is 0 Å². The van der Waals surface area contributed by atoms with Crippen LogP contribution in [0.15, 0.2) is 24.3 Å². The molecule has 5 heteroatoms. The average Bonchev–Trinajstić information content (AvgIpc) is 2.45. The number of hydrogen-bond donors (Lipinski definition) is 0. The molecule has 0 radical (unpaired) electrons. The third-order valence-electron chi connectivity index (χ3n) is 4.27. The Labute approximate surface area is 136 Å². The van der Waals surface area contributed by atoms with Gasteiger partial charge in [-0.1, -0.05) is 32.9 Å². The molecule has 0 N–H and O–H groups in total. The Bertz CT molecular complexity index is 482. The lowest BCUT2D eigenvalue weighted by atomic mass is 9.87. The summed E-state index contributed by atoms with van der Waals surface area (Å²) in [5, 5.41) is 0. The molecule has 0 atom stereocenters. The van der Waals surface area contributed by atoms with E-state index in [1.165, 1.54) is 5.56 Å². The van der Waals surface area contributed by atoms with E-state index in [9.17, 15) is 13.2 Å². The normalized spacial score (nSPS) is 18.2. The van der Waals surface area contributed by atoms with Crippen molar-refractivity contribution in [3.63, 3.8) is 0 Å². The zero-order chi connectivity index (χ0) is 17.1. The van der Waals surface area contributed by atoms with E-state index in [1.54, 1.807) is 0 Å². The fourth-order valence-corrected chi connectivity index (χ4v) is 2.76. The van der Waals surface area contributed by atoms with E-state index < -0.39 is 12.6 Å². The lowest BCUT2D eigenvalue weighted by Gasteiger charge is -2.32. The second-order valence-corrected chi connectivity index (χ2v) is 7.30. The summed E-state index contributed by atoms with van der Waals surface area (Å²) >= 11 is 0. The van der Waals surface area contributed by atoms with Gasteiger partial charge in [0.25, 0.3) is 0 Å².